The molecule has 5 heteroatoms. The molecule has 1 N–H and O–H groups in total. The molecule has 0 bridgehead atoms. The average molecular weight is 303 g/mol. The first-order valence-corrected chi connectivity index (χ1v) is 8.13. The molecule has 1 aromatic carbocycles. The predicted molar refractivity (Wildman–Crippen MR) is 88.5 cm³/mol. The summed E-state index contributed by atoms with van der Waals surface area (Å²) in [7, 11) is 1.67. The first-order chi connectivity index (χ1) is 10.8. The lowest BCUT2D eigenvalue weighted by molar-refractivity contribution is -0.117. The van der Waals surface area contributed by atoms with Crippen LogP contribution in [0.1, 0.15) is 12.8 Å². The number of carbonyl (C=O) groups excluding carboxylic acids is 1. The fourth-order valence-electron chi connectivity index (χ4n) is 2.95. The van der Waals surface area contributed by atoms with Crippen LogP contribution in [0.2, 0.25) is 0 Å². The van der Waals surface area contributed by atoms with Gasteiger partial charge in [0, 0.05) is 33.3 Å². The van der Waals surface area contributed by atoms with Crippen molar-refractivity contribution in [3.8, 4) is 0 Å². The van der Waals surface area contributed by atoms with E-state index in [1.165, 1.54) is 18.5 Å². The molecule has 0 radical (unpaired) electrons. The molecule has 1 heterocycles. The van der Waals surface area contributed by atoms with Gasteiger partial charge < -0.3 is 19.9 Å². The van der Waals surface area contributed by atoms with Crippen molar-refractivity contribution in [1.82, 2.24) is 5.32 Å². The number of carbonyl (C=O) groups is 1. The zero-order valence-electron chi connectivity index (χ0n) is 13.3. The van der Waals surface area contributed by atoms with E-state index >= 15 is 0 Å². The Kier molecular flexibility index (Phi) is 4.95. The molecule has 120 valence electrons. The smallest absolute Gasteiger partial charge is 0.241 e. The van der Waals surface area contributed by atoms with Gasteiger partial charge in [-0.3, -0.25) is 4.79 Å². The second kappa shape index (κ2) is 7.11. The Morgan fingerprint density at radius 1 is 1.27 bits per heavy atom. The minimum absolute atomic E-state index is 0.134. The molecule has 0 atom stereocenters. The number of hydrogen-bond acceptors (Lipinski definition) is 4. The summed E-state index contributed by atoms with van der Waals surface area (Å²) in [6.07, 6.45) is 2.70. The van der Waals surface area contributed by atoms with Crippen molar-refractivity contribution in [3.05, 3.63) is 24.3 Å². The van der Waals surface area contributed by atoms with Gasteiger partial charge in [0.1, 0.15) is 0 Å². The Morgan fingerprint density at radius 2 is 2.05 bits per heavy atom. The highest BCUT2D eigenvalue weighted by Gasteiger charge is 2.30. The van der Waals surface area contributed by atoms with Gasteiger partial charge in [-0.2, -0.15) is 0 Å². The SMILES string of the molecule is COCCNCC(=O)N1CCN(CC2CC2)c2ccccc21. The Labute approximate surface area is 132 Å². The van der Waals surface area contributed by atoms with Gasteiger partial charge in [-0.25, -0.2) is 0 Å². The van der Waals surface area contributed by atoms with E-state index in [4.69, 9.17) is 4.74 Å². The van der Waals surface area contributed by atoms with Gasteiger partial charge in [0.2, 0.25) is 5.91 Å². The summed E-state index contributed by atoms with van der Waals surface area (Å²) < 4.78 is 4.99. The van der Waals surface area contributed by atoms with E-state index in [1.54, 1.807) is 7.11 Å². The van der Waals surface area contributed by atoms with Crippen LogP contribution < -0.4 is 15.1 Å². The lowest BCUT2D eigenvalue weighted by Gasteiger charge is -2.38. The monoisotopic (exact) mass is 303 g/mol. The fourth-order valence-corrected chi connectivity index (χ4v) is 2.95. The quantitative estimate of drug-likeness (QED) is 0.775. The maximum Gasteiger partial charge on any atom is 0.241 e. The molecule has 1 amide bonds. The number of nitrogens with zero attached hydrogens (tertiary/aromatic N) is 2. The number of rotatable bonds is 7. The minimum Gasteiger partial charge on any atom is -0.383 e. The molecule has 0 saturated heterocycles. The summed E-state index contributed by atoms with van der Waals surface area (Å²) in [6, 6.07) is 8.26. The Bertz CT molecular complexity index is 516. The lowest BCUT2D eigenvalue weighted by atomic mass is 10.1. The zero-order valence-corrected chi connectivity index (χ0v) is 13.3. The predicted octanol–water partition coefficient (Wildman–Crippen LogP) is 1.49. The summed E-state index contributed by atoms with van der Waals surface area (Å²) in [6.45, 7) is 4.52. The van der Waals surface area contributed by atoms with Gasteiger partial charge >= 0.3 is 0 Å². The van der Waals surface area contributed by atoms with E-state index in [9.17, 15) is 4.79 Å². The van der Waals surface area contributed by atoms with Crippen LogP contribution in [-0.2, 0) is 9.53 Å². The first-order valence-electron chi connectivity index (χ1n) is 8.13. The Balaban J connectivity index is 1.66. The largest absolute Gasteiger partial charge is 0.383 e. The van der Waals surface area contributed by atoms with Crippen LogP contribution >= 0.6 is 0 Å². The van der Waals surface area contributed by atoms with E-state index in [0.717, 1.165) is 31.2 Å². The number of amides is 1. The standard InChI is InChI=1S/C17H25N3O2/c1-22-11-8-18-12-17(21)20-10-9-19(13-14-6-7-14)15-4-2-3-5-16(15)20/h2-5,14,18H,6-13H2,1H3. The van der Waals surface area contributed by atoms with Crippen LogP contribution in [0.3, 0.4) is 0 Å². The molecule has 3 rings (SSSR count). The molecule has 2 aliphatic rings. The molecule has 1 aromatic rings. The molecular formula is C17H25N3O2. The number of methoxy groups -OCH3 is 1. The van der Waals surface area contributed by atoms with E-state index in [1.807, 2.05) is 11.0 Å². The third-order valence-corrected chi connectivity index (χ3v) is 4.34. The number of ether oxygens (including phenoxy) is 1. The third kappa shape index (κ3) is 3.59. The van der Waals surface area contributed by atoms with Crippen LogP contribution in [0.15, 0.2) is 24.3 Å². The van der Waals surface area contributed by atoms with E-state index in [0.29, 0.717) is 19.7 Å². The normalized spacial score (nSPS) is 17.5. The maximum atomic E-state index is 12.5. The van der Waals surface area contributed by atoms with Crippen molar-refractivity contribution >= 4 is 17.3 Å². The molecule has 0 unspecified atom stereocenters. The van der Waals surface area contributed by atoms with Crippen LogP contribution in [0.4, 0.5) is 11.4 Å². The number of hydrogen-bond donors (Lipinski definition) is 1. The van der Waals surface area contributed by atoms with Crippen LogP contribution in [0.25, 0.3) is 0 Å². The van der Waals surface area contributed by atoms with Crippen molar-refractivity contribution in [2.24, 2.45) is 5.92 Å². The molecule has 0 spiro atoms. The Hall–Kier alpha value is -1.59. The molecule has 1 saturated carbocycles. The van der Waals surface area contributed by atoms with Crippen molar-refractivity contribution in [2.75, 3.05) is 56.2 Å². The van der Waals surface area contributed by atoms with Gasteiger partial charge in [0.15, 0.2) is 0 Å². The van der Waals surface area contributed by atoms with Crippen molar-refractivity contribution in [1.29, 1.82) is 0 Å². The van der Waals surface area contributed by atoms with E-state index < -0.39 is 0 Å². The van der Waals surface area contributed by atoms with E-state index in [-0.39, 0.29) is 5.91 Å². The van der Waals surface area contributed by atoms with Crippen LogP contribution in [0, 0.1) is 5.92 Å². The van der Waals surface area contributed by atoms with Crippen molar-refractivity contribution in [3.63, 3.8) is 0 Å². The molecule has 0 aromatic heterocycles. The van der Waals surface area contributed by atoms with Crippen molar-refractivity contribution in [2.45, 2.75) is 12.8 Å². The van der Waals surface area contributed by atoms with Gasteiger partial charge in [-0.15, -0.1) is 0 Å². The van der Waals surface area contributed by atoms with Gasteiger partial charge in [-0.1, -0.05) is 12.1 Å². The molecule has 1 aliphatic carbocycles. The molecule has 1 fully saturated rings. The summed E-state index contributed by atoms with van der Waals surface area (Å²) in [5, 5.41) is 3.14. The molecule has 5 nitrogen and oxygen atoms in total. The molecular weight excluding hydrogens is 278 g/mol. The number of anilines is 2. The van der Waals surface area contributed by atoms with Crippen LogP contribution in [-0.4, -0.2) is 52.3 Å². The highest BCUT2D eigenvalue weighted by atomic mass is 16.5. The highest BCUT2D eigenvalue weighted by Crippen LogP contribution is 2.37. The summed E-state index contributed by atoms with van der Waals surface area (Å²) in [5.74, 6) is 0.987. The van der Waals surface area contributed by atoms with Gasteiger partial charge in [-0.05, 0) is 30.9 Å². The molecule has 1 aliphatic heterocycles. The summed E-state index contributed by atoms with van der Waals surface area (Å²) in [4.78, 5) is 16.8. The van der Waals surface area contributed by atoms with E-state index in [2.05, 4.69) is 28.4 Å². The Morgan fingerprint density at radius 3 is 2.77 bits per heavy atom. The fraction of sp³-hybridized carbons (Fsp3) is 0.588. The highest BCUT2D eigenvalue weighted by molar-refractivity contribution is 5.99. The van der Waals surface area contributed by atoms with Gasteiger partial charge in [0.25, 0.3) is 0 Å². The van der Waals surface area contributed by atoms with Gasteiger partial charge in [0.05, 0.1) is 24.5 Å². The average Bonchev–Trinajstić information content (AvgIpc) is 3.36. The second-order valence-electron chi connectivity index (χ2n) is 6.09. The first kappa shape index (κ1) is 15.3. The van der Waals surface area contributed by atoms with Crippen molar-refractivity contribution < 1.29 is 9.53 Å². The third-order valence-electron chi connectivity index (χ3n) is 4.34. The van der Waals surface area contributed by atoms with Crippen LogP contribution in [0.5, 0.6) is 0 Å². The minimum atomic E-state index is 0.134. The topological polar surface area (TPSA) is 44.8 Å². The summed E-state index contributed by atoms with van der Waals surface area (Å²) in [5.41, 5.74) is 2.25. The maximum absolute atomic E-state index is 12.5. The molecule has 22 heavy (non-hydrogen) atoms. The number of para-hydroxylation sites is 2. The zero-order chi connectivity index (χ0) is 15.4. The number of fused-ring (bicyclic) bond motifs is 1. The lowest BCUT2D eigenvalue weighted by Crippen LogP contribution is -2.47. The number of benzene rings is 1. The number of nitrogens with one attached hydrogen (secondary N) is 1. The summed E-state index contributed by atoms with van der Waals surface area (Å²) >= 11 is 0. The second-order valence-corrected chi connectivity index (χ2v) is 6.09.